The molecule has 0 atom stereocenters. The standard InChI is InChI=1S/C10H18O5.C9H17NO6.7C9H11N.C8H8O.4CH5N.3CH4/c1-3-10(11)15-9-8-14-7-6-13-5-4-12-2;1-10(6-4-8(11)15-13-2)7-5-9(12)16-14-3;7*1-8(10-2)9-6-4-3-5-7-9;1-7(9)8-5-3-2-4-6-8;4*1-2;;;/h3H,1,4-9H2,2H3;4-7H2,1-3H3;7*3-7H,1-2H3;2-6H,1H3;4*2H2,1H3;3*1H4. The summed E-state index contributed by atoms with van der Waals surface area (Å²) in [6.07, 6.45) is 1.52. The van der Waals surface area contributed by atoms with E-state index < -0.39 is 17.9 Å². The Hall–Kier alpha value is -11.1. The number of nitrogens with zero attached hydrogens (tertiary/aromatic N) is 8. The Balaban J connectivity index is -0.000000163. The lowest BCUT2D eigenvalue weighted by Gasteiger charge is -2.14. The number of carbonyl (C=O) groups is 4. The second-order valence-corrected chi connectivity index (χ2v) is 22.8. The van der Waals surface area contributed by atoms with Crippen LogP contribution in [0.2, 0.25) is 0 Å². The number of benzene rings is 8. The van der Waals surface area contributed by atoms with Gasteiger partial charge in [0, 0.05) is 121 Å². The van der Waals surface area contributed by atoms with E-state index in [1.807, 2.05) is 256 Å². The number of Topliss-reactive ketones (excluding diaryl/α,β-unsaturated/α-hetero) is 1. The highest BCUT2D eigenvalue weighted by molar-refractivity contribution is 6.01. The number of esters is 1. The van der Waals surface area contributed by atoms with Crippen LogP contribution in [0.3, 0.4) is 0 Å². The highest BCUT2D eigenvalue weighted by Gasteiger charge is 2.10. The van der Waals surface area contributed by atoms with Crippen molar-refractivity contribution in [2.24, 2.45) is 57.9 Å². The molecule has 121 heavy (non-hydrogen) atoms. The Labute approximate surface area is 729 Å². The van der Waals surface area contributed by atoms with Crippen LogP contribution >= 0.6 is 0 Å². The first-order valence-corrected chi connectivity index (χ1v) is 38.0. The predicted octanol–water partition coefficient (Wildman–Crippen LogP) is 17.3. The molecule has 0 aliphatic carbocycles. The summed E-state index contributed by atoms with van der Waals surface area (Å²) in [7, 11) is 24.6. The van der Waals surface area contributed by atoms with Gasteiger partial charge < -0.3 is 46.8 Å². The van der Waals surface area contributed by atoms with Crippen molar-refractivity contribution in [3.63, 3.8) is 0 Å². The molecule has 0 saturated carbocycles. The number of carbonyl (C=O) groups excluding carboxylic acids is 4. The quantitative estimate of drug-likeness (QED) is 0.00744. The largest absolute Gasteiger partial charge is 0.460 e. The van der Waals surface area contributed by atoms with Crippen LogP contribution in [0.1, 0.15) is 140 Å². The Morgan fingerprint density at radius 3 is 0.653 bits per heavy atom. The maximum absolute atomic E-state index is 10.9. The lowest BCUT2D eigenvalue weighted by molar-refractivity contribution is -0.255. The number of hydrogen-bond acceptors (Lipinski definition) is 24. The molecule has 0 bridgehead atoms. The van der Waals surface area contributed by atoms with Gasteiger partial charge in [-0.3, -0.25) is 49.5 Å². The molecule has 0 spiro atoms. The summed E-state index contributed by atoms with van der Waals surface area (Å²) in [6.45, 7) is 22.6. The highest BCUT2D eigenvalue weighted by atomic mass is 17.2. The molecule has 8 aromatic rings. The second-order valence-electron chi connectivity index (χ2n) is 22.8. The van der Waals surface area contributed by atoms with E-state index in [0.717, 1.165) is 51.6 Å². The normalized spacial score (nSPS) is 10.2. The number of ketones is 1. The molecule has 0 radical (unpaired) electrons. The molecule has 0 amide bonds. The summed E-state index contributed by atoms with van der Waals surface area (Å²) in [6, 6.07) is 80.3. The first-order chi connectivity index (χ1) is 57.1. The molecule has 0 unspecified atom stereocenters. The summed E-state index contributed by atoms with van der Waals surface area (Å²) in [5.41, 5.74) is 34.8. The molecule has 8 N–H and O–H groups in total. The third-order valence-corrected chi connectivity index (χ3v) is 15.1. The fourth-order valence-electron chi connectivity index (χ4n) is 8.00. The van der Waals surface area contributed by atoms with Gasteiger partial charge in [0.25, 0.3) is 0 Å². The second kappa shape index (κ2) is 96.0. The van der Waals surface area contributed by atoms with Crippen LogP contribution in [-0.2, 0) is 52.9 Å². The topological polar surface area (TPSA) is 336 Å². The van der Waals surface area contributed by atoms with Gasteiger partial charge in [-0.25, -0.2) is 14.4 Å². The Kier molecular flexibility index (Phi) is 102. The van der Waals surface area contributed by atoms with Crippen molar-refractivity contribution in [1.29, 1.82) is 0 Å². The third-order valence-electron chi connectivity index (χ3n) is 15.1. The molecule has 8 aromatic carbocycles. The smallest absolute Gasteiger partial charge is 0.343 e. The van der Waals surface area contributed by atoms with Gasteiger partial charge in [0.1, 0.15) is 6.61 Å². The average Bonchev–Trinajstić information content (AvgIpc) is 0.962. The molecular formula is C97H152N12O12. The molecule has 24 nitrogen and oxygen atoms in total. The molecule has 0 fully saturated rings. The van der Waals surface area contributed by atoms with Gasteiger partial charge in [-0.2, -0.15) is 9.78 Å². The zero-order chi connectivity index (χ0) is 90.2. The molecule has 0 aromatic heterocycles. The van der Waals surface area contributed by atoms with Gasteiger partial charge in [0.05, 0.1) is 60.1 Å². The number of aliphatic imine (C=N–C) groups is 7. The van der Waals surface area contributed by atoms with Crippen LogP contribution in [-0.4, -0.2) is 227 Å². The van der Waals surface area contributed by atoms with E-state index in [4.69, 9.17) is 18.9 Å². The van der Waals surface area contributed by atoms with Gasteiger partial charge in [0.2, 0.25) is 0 Å². The zero-order valence-corrected chi connectivity index (χ0v) is 74.7. The Bertz CT molecular complexity index is 3330. The van der Waals surface area contributed by atoms with Crippen molar-refractivity contribution >= 4 is 63.7 Å². The lowest BCUT2D eigenvalue weighted by Crippen LogP contribution is -2.25. The van der Waals surface area contributed by atoms with E-state index in [0.29, 0.717) is 46.1 Å². The summed E-state index contributed by atoms with van der Waals surface area (Å²) >= 11 is 0. The van der Waals surface area contributed by atoms with Crippen molar-refractivity contribution in [3.8, 4) is 0 Å². The summed E-state index contributed by atoms with van der Waals surface area (Å²) < 4.78 is 19.8. The van der Waals surface area contributed by atoms with Crippen molar-refractivity contribution < 1.29 is 57.7 Å². The monoisotopic (exact) mass is 1680 g/mol. The summed E-state index contributed by atoms with van der Waals surface area (Å²) in [5, 5.41) is 0. The van der Waals surface area contributed by atoms with E-state index in [2.05, 4.69) is 169 Å². The molecule has 0 aliphatic rings. The fraction of sp³-hybridized carbons (Fsp3) is 0.371. The van der Waals surface area contributed by atoms with E-state index in [-0.39, 0.29) is 47.5 Å². The van der Waals surface area contributed by atoms with Crippen molar-refractivity contribution in [2.75, 3.05) is 159 Å². The van der Waals surface area contributed by atoms with Crippen LogP contribution in [0.15, 0.2) is 290 Å². The lowest BCUT2D eigenvalue weighted by atomic mass is 10.1. The van der Waals surface area contributed by atoms with E-state index in [1.165, 1.54) is 81.4 Å². The van der Waals surface area contributed by atoms with Crippen LogP contribution in [0.25, 0.3) is 0 Å². The van der Waals surface area contributed by atoms with Crippen molar-refractivity contribution in [2.45, 2.75) is 90.5 Å². The summed E-state index contributed by atoms with van der Waals surface area (Å²) in [4.78, 5) is 90.3. The molecule has 0 saturated heterocycles. The minimum atomic E-state index is -0.450. The third kappa shape index (κ3) is 76.0. The molecule has 0 heterocycles. The molecule has 0 aliphatic heterocycles. The van der Waals surface area contributed by atoms with Gasteiger partial charge in [-0.1, -0.05) is 272 Å². The molecule has 24 heteroatoms. The van der Waals surface area contributed by atoms with E-state index in [1.54, 1.807) is 26.0 Å². The molecular weight excluding hydrogens is 1530 g/mol. The van der Waals surface area contributed by atoms with Gasteiger partial charge in [0.15, 0.2) is 5.78 Å². The van der Waals surface area contributed by atoms with Gasteiger partial charge >= 0.3 is 17.9 Å². The minimum Gasteiger partial charge on any atom is -0.460 e. The number of methoxy groups -OCH3 is 1. The SMILES string of the molecule is C.C.C.C=CC(=O)OCCOCCOCCOC.CC(=O)c1ccccc1.CN.CN.CN.CN.CN=C(C)c1ccccc1.CN=C(C)c1ccccc1.CN=C(C)c1ccccc1.CN=C(C)c1ccccc1.CN=C(C)c1ccccc1.CN=C(C)c1ccccc1.CN=C(C)c1ccccc1.COOC(=O)CCN(C)CCC(=O)OOC. The van der Waals surface area contributed by atoms with Crippen LogP contribution < -0.4 is 22.9 Å². The van der Waals surface area contributed by atoms with Crippen LogP contribution in [0.4, 0.5) is 0 Å². The van der Waals surface area contributed by atoms with E-state index >= 15 is 0 Å². The van der Waals surface area contributed by atoms with Crippen molar-refractivity contribution in [3.05, 3.63) is 300 Å². The Morgan fingerprint density at radius 1 is 0.314 bits per heavy atom. The summed E-state index contributed by atoms with van der Waals surface area (Å²) in [5.74, 6) is -1.21. The molecule has 672 valence electrons. The fourth-order valence-corrected chi connectivity index (χ4v) is 8.00. The van der Waals surface area contributed by atoms with E-state index in [9.17, 15) is 19.2 Å². The maximum atomic E-state index is 10.9. The van der Waals surface area contributed by atoms with Gasteiger partial charge in [-0.15, -0.1) is 0 Å². The van der Waals surface area contributed by atoms with Crippen LogP contribution in [0.5, 0.6) is 0 Å². The van der Waals surface area contributed by atoms with Gasteiger partial charge in [-0.05, 0) is 130 Å². The minimum absolute atomic E-state index is 0. The highest BCUT2D eigenvalue weighted by Crippen LogP contribution is 2.06. The maximum Gasteiger partial charge on any atom is 0.343 e. The first-order valence-electron chi connectivity index (χ1n) is 38.0. The first kappa shape index (κ1) is 128. The zero-order valence-electron chi connectivity index (χ0n) is 74.7. The van der Waals surface area contributed by atoms with Crippen molar-refractivity contribution in [1.82, 2.24) is 4.90 Å². The number of nitrogens with two attached hydrogens (primary N) is 4. The number of hydrogen-bond donors (Lipinski definition) is 4. The predicted molar refractivity (Wildman–Crippen MR) is 517 cm³/mol. The number of rotatable bonds is 26. The Morgan fingerprint density at radius 2 is 0.496 bits per heavy atom. The van der Waals surface area contributed by atoms with Crippen LogP contribution in [0, 0.1) is 0 Å². The average molecular weight is 1680 g/mol. The molecule has 8 rings (SSSR count). The number of ether oxygens (including phenoxy) is 4.